The first-order chi connectivity index (χ1) is 16.9. The van der Waals surface area contributed by atoms with Gasteiger partial charge in [-0.25, -0.2) is 4.79 Å². The molecule has 6 nitrogen and oxygen atoms in total. The summed E-state index contributed by atoms with van der Waals surface area (Å²) < 4.78 is 7.05. The van der Waals surface area contributed by atoms with Crippen LogP contribution in [0.1, 0.15) is 86.5 Å². The summed E-state index contributed by atoms with van der Waals surface area (Å²) in [6.45, 7) is 11.9. The van der Waals surface area contributed by atoms with Crippen molar-refractivity contribution in [2.45, 2.75) is 64.9 Å². The molecular formula is C30H30N4O2. The smallest absolute Gasteiger partial charge is 0.418 e. The molecule has 1 atom stereocenters. The molecule has 0 N–H and O–H groups in total. The van der Waals surface area contributed by atoms with Crippen LogP contribution in [0, 0.1) is 34.0 Å². The summed E-state index contributed by atoms with van der Waals surface area (Å²) in [5, 5.41) is 29.0. The first kappa shape index (κ1) is 26.3. The van der Waals surface area contributed by atoms with Gasteiger partial charge in [-0.05, 0) is 73.6 Å². The van der Waals surface area contributed by atoms with Gasteiger partial charge in [-0.1, -0.05) is 45.0 Å². The van der Waals surface area contributed by atoms with Crippen LogP contribution in [0.15, 0.2) is 54.7 Å². The lowest BCUT2D eigenvalue weighted by molar-refractivity contribution is 0.0532. The average molecular weight is 479 g/mol. The van der Waals surface area contributed by atoms with E-state index in [0.29, 0.717) is 23.2 Å². The van der Waals surface area contributed by atoms with Crippen LogP contribution in [0.4, 0.5) is 4.79 Å². The maximum Gasteiger partial charge on any atom is 0.418 e. The van der Waals surface area contributed by atoms with E-state index in [9.17, 15) is 20.6 Å². The van der Waals surface area contributed by atoms with Gasteiger partial charge in [0.15, 0.2) is 0 Å². The molecule has 6 heteroatoms. The highest BCUT2D eigenvalue weighted by atomic mass is 16.6. The van der Waals surface area contributed by atoms with E-state index in [2.05, 4.69) is 45.0 Å². The molecule has 0 fully saturated rings. The molecule has 0 spiro atoms. The molecule has 1 unspecified atom stereocenters. The number of hydrogen-bond donors (Lipinski definition) is 0. The molecule has 36 heavy (non-hydrogen) atoms. The highest BCUT2D eigenvalue weighted by Gasteiger charge is 2.25. The molecule has 1 aromatic heterocycles. The topological polar surface area (TPSA) is 103 Å². The maximum atomic E-state index is 12.9. The van der Waals surface area contributed by atoms with Crippen molar-refractivity contribution < 1.29 is 9.53 Å². The Balaban J connectivity index is 2.17. The Morgan fingerprint density at radius 1 is 0.889 bits per heavy atom. The van der Waals surface area contributed by atoms with E-state index >= 15 is 0 Å². The van der Waals surface area contributed by atoms with E-state index in [0.717, 1.165) is 5.56 Å². The molecule has 0 saturated heterocycles. The first-order valence-electron chi connectivity index (χ1n) is 11.8. The zero-order valence-corrected chi connectivity index (χ0v) is 21.6. The van der Waals surface area contributed by atoms with Gasteiger partial charge in [-0.2, -0.15) is 15.8 Å². The zero-order chi connectivity index (χ0) is 26.7. The predicted octanol–water partition coefficient (Wildman–Crippen LogP) is 6.56. The second-order valence-corrected chi connectivity index (χ2v) is 10.8. The molecule has 0 aliphatic heterocycles. The standard InChI is InChI=1S/C30H30N4O2/c1-29(2,3)24-11-9-20(10-12-24)27(26-15-22(18-32)21(17-31)14-23(26)19-33)16-25-8-7-13-34(25)28(35)36-30(4,5)6/h7-15,27H,16H2,1-6H3. The van der Waals surface area contributed by atoms with Crippen molar-refractivity contribution in [3.05, 3.63) is 93.8 Å². The Bertz CT molecular complexity index is 1400. The van der Waals surface area contributed by atoms with Gasteiger partial charge in [0, 0.05) is 17.8 Å². The summed E-state index contributed by atoms with van der Waals surface area (Å²) in [5.74, 6) is -0.343. The van der Waals surface area contributed by atoms with Gasteiger partial charge < -0.3 is 4.74 Å². The van der Waals surface area contributed by atoms with Crippen molar-refractivity contribution in [2.75, 3.05) is 0 Å². The van der Waals surface area contributed by atoms with Gasteiger partial charge in [0.05, 0.1) is 22.8 Å². The number of nitriles is 3. The normalized spacial score (nSPS) is 12.2. The Hall–Kier alpha value is -4.34. The van der Waals surface area contributed by atoms with Crippen molar-refractivity contribution in [3.8, 4) is 18.2 Å². The van der Waals surface area contributed by atoms with Gasteiger partial charge in [-0.15, -0.1) is 0 Å². The number of benzene rings is 2. The summed E-state index contributed by atoms with van der Waals surface area (Å²) >= 11 is 0. The van der Waals surface area contributed by atoms with Crippen molar-refractivity contribution in [1.82, 2.24) is 4.57 Å². The minimum atomic E-state index is -0.649. The van der Waals surface area contributed by atoms with Gasteiger partial charge >= 0.3 is 6.09 Å². The minimum Gasteiger partial charge on any atom is -0.443 e. The average Bonchev–Trinajstić information content (AvgIpc) is 3.28. The molecule has 0 aliphatic carbocycles. The molecular weight excluding hydrogens is 448 g/mol. The van der Waals surface area contributed by atoms with Crippen LogP contribution >= 0.6 is 0 Å². The summed E-state index contributed by atoms with van der Waals surface area (Å²) in [5.41, 5.74) is 3.47. The van der Waals surface area contributed by atoms with Crippen molar-refractivity contribution in [2.24, 2.45) is 0 Å². The van der Waals surface area contributed by atoms with E-state index < -0.39 is 11.7 Å². The Labute approximate surface area is 213 Å². The molecule has 0 amide bonds. The van der Waals surface area contributed by atoms with Gasteiger partial charge in [0.25, 0.3) is 0 Å². The van der Waals surface area contributed by atoms with Crippen LogP contribution in [-0.2, 0) is 16.6 Å². The van der Waals surface area contributed by atoms with E-state index in [-0.39, 0.29) is 22.5 Å². The SMILES string of the molecule is CC(C)(C)OC(=O)n1cccc1CC(c1ccc(C(C)(C)C)cc1)c1cc(C#N)c(C#N)cc1C#N. The lowest BCUT2D eigenvalue weighted by atomic mass is 9.81. The fourth-order valence-corrected chi connectivity index (χ4v) is 4.09. The van der Waals surface area contributed by atoms with Crippen LogP contribution < -0.4 is 0 Å². The Kier molecular flexibility index (Phi) is 7.37. The second-order valence-electron chi connectivity index (χ2n) is 10.8. The quantitative estimate of drug-likeness (QED) is 0.422. The van der Waals surface area contributed by atoms with Gasteiger partial charge in [0.1, 0.15) is 17.7 Å². The Morgan fingerprint density at radius 3 is 2.00 bits per heavy atom. The van der Waals surface area contributed by atoms with Crippen LogP contribution in [0.25, 0.3) is 0 Å². The van der Waals surface area contributed by atoms with Crippen LogP contribution in [-0.4, -0.2) is 16.3 Å². The maximum absolute atomic E-state index is 12.9. The van der Waals surface area contributed by atoms with E-state index in [1.165, 1.54) is 16.2 Å². The number of hydrogen-bond acceptors (Lipinski definition) is 5. The lowest BCUT2D eigenvalue weighted by Crippen LogP contribution is -2.28. The van der Waals surface area contributed by atoms with Crippen LogP contribution in [0.3, 0.4) is 0 Å². The predicted molar refractivity (Wildman–Crippen MR) is 137 cm³/mol. The highest BCUT2D eigenvalue weighted by Crippen LogP contribution is 2.34. The minimum absolute atomic E-state index is 0.0281. The third kappa shape index (κ3) is 5.83. The fraction of sp³-hybridized carbons (Fsp3) is 0.333. The number of aromatic nitrogens is 1. The second kappa shape index (κ2) is 10.1. The molecule has 0 saturated carbocycles. The monoisotopic (exact) mass is 478 g/mol. The number of ether oxygens (including phenoxy) is 1. The summed E-state index contributed by atoms with van der Waals surface area (Å²) in [6.07, 6.45) is 1.56. The third-order valence-electron chi connectivity index (χ3n) is 5.94. The number of nitrogens with zero attached hydrogens (tertiary/aromatic N) is 4. The molecule has 0 radical (unpaired) electrons. The molecule has 2 aromatic carbocycles. The molecule has 3 rings (SSSR count). The van der Waals surface area contributed by atoms with Gasteiger partial charge in [-0.3, -0.25) is 4.57 Å². The molecule has 1 heterocycles. The van der Waals surface area contributed by atoms with Crippen molar-refractivity contribution in [3.63, 3.8) is 0 Å². The third-order valence-corrected chi connectivity index (χ3v) is 5.94. The van der Waals surface area contributed by atoms with E-state index in [1.807, 2.05) is 45.0 Å². The molecule has 0 aliphatic rings. The fourth-order valence-electron chi connectivity index (χ4n) is 4.09. The number of rotatable bonds is 4. The number of carbonyl (C=O) groups is 1. The van der Waals surface area contributed by atoms with Crippen LogP contribution in [0.5, 0.6) is 0 Å². The highest BCUT2D eigenvalue weighted by molar-refractivity contribution is 5.72. The Morgan fingerprint density at radius 2 is 1.47 bits per heavy atom. The van der Waals surface area contributed by atoms with Crippen molar-refractivity contribution >= 4 is 6.09 Å². The van der Waals surface area contributed by atoms with E-state index in [4.69, 9.17) is 4.74 Å². The summed E-state index contributed by atoms with van der Waals surface area (Å²) in [6, 6.07) is 21.2. The summed E-state index contributed by atoms with van der Waals surface area (Å²) in [4.78, 5) is 12.9. The molecule has 0 bridgehead atoms. The zero-order valence-electron chi connectivity index (χ0n) is 21.6. The van der Waals surface area contributed by atoms with Crippen molar-refractivity contribution in [1.29, 1.82) is 15.8 Å². The van der Waals surface area contributed by atoms with Gasteiger partial charge in [0.2, 0.25) is 0 Å². The lowest BCUT2D eigenvalue weighted by Gasteiger charge is -2.24. The molecule has 3 aromatic rings. The first-order valence-corrected chi connectivity index (χ1v) is 11.8. The van der Waals surface area contributed by atoms with Crippen LogP contribution in [0.2, 0.25) is 0 Å². The molecule has 182 valence electrons. The number of carbonyl (C=O) groups excluding carboxylic acids is 1. The largest absolute Gasteiger partial charge is 0.443 e. The summed E-state index contributed by atoms with van der Waals surface area (Å²) in [7, 11) is 0. The van der Waals surface area contributed by atoms with E-state index in [1.54, 1.807) is 18.3 Å².